The molecule has 19 heavy (non-hydrogen) atoms. The average Bonchev–Trinajstić information content (AvgIpc) is 2.75. The first kappa shape index (κ1) is 13.8. The molecule has 0 saturated heterocycles. The minimum absolute atomic E-state index is 0.595. The lowest BCUT2D eigenvalue weighted by atomic mass is 10.1. The van der Waals surface area contributed by atoms with E-state index in [4.69, 9.17) is 0 Å². The predicted molar refractivity (Wildman–Crippen MR) is 79.0 cm³/mol. The van der Waals surface area contributed by atoms with Gasteiger partial charge in [-0.25, -0.2) is 4.98 Å². The highest BCUT2D eigenvalue weighted by Crippen LogP contribution is 2.05. The molecule has 0 bridgehead atoms. The lowest BCUT2D eigenvalue weighted by molar-refractivity contribution is 0.440. The molecule has 0 radical (unpaired) electrons. The summed E-state index contributed by atoms with van der Waals surface area (Å²) >= 11 is 0. The third kappa shape index (κ3) is 4.21. The average molecular weight is 257 g/mol. The van der Waals surface area contributed by atoms with Crippen molar-refractivity contribution in [2.45, 2.75) is 33.9 Å². The van der Waals surface area contributed by atoms with E-state index in [0.29, 0.717) is 5.92 Å². The molecule has 1 aromatic carbocycles. The van der Waals surface area contributed by atoms with Crippen LogP contribution in [0.2, 0.25) is 0 Å². The van der Waals surface area contributed by atoms with E-state index < -0.39 is 0 Å². The summed E-state index contributed by atoms with van der Waals surface area (Å²) in [5.41, 5.74) is 2.67. The minimum Gasteiger partial charge on any atom is -0.335 e. The molecule has 0 spiro atoms. The number of aryl methyl sites for hydroxylation is 2. The quantitative estimate of drug-likeness (QED) is 0.862. The fourth-order valence-electron chi connectivity index (χ4n) is 2.28. The van der Waals surface area contributed by atoms with Gasteiger partial charge in [0.15, 0.2) is 0 Å². The number of aromatic nitrogens is 2. The first-order valence-electron chi connectivity index (χ1n) is 6.89. The molecule has 0 saturated carbocycles. The number of hydrogen-bond donors (Lipinski definition) is 1. The first-order valence-corrected chi connectivity index (χ1v) is 6.89. The van der Waals surface area contributed by atoms with Gasteiger partial charge in [0.25, 0.3) is 0 Å². The SMILES string of the molecule is Cc1cccc(CNCC(C)Cn2ccnc2C)c1. The highest BCUT2D eigenvalue weighted by Gasteiger charge is 2.04. The summed E-state index contributed by atoms with van der Waals surface area (Å²) in [5, 5.41) is 3.53. The van der Waals surface area contributed by atoms with Gasteiger partial charge < -0.3 is 9.88 Å². The van der Waals surface area contributed by atoms with E-state index in [-0.39, 0.29) is 0 Å². The summed E-state index contributed by atoms with van der Waals surface area (Å²) in [5.74, 6) is 1.68. The molecule has 0 amide bonds. The van der Waals surface area contributed by atoms with Crippen LogP contribution < -0.4 is 5.32 Å². The molecule has 0 aliphatic heterocycles. The Morgan fingerprint density at radius 2 is 2.16 bits per heavy atom. The molecule has 0 aliphatic carbocycles. The molecule has 1 atom stereocenters. The van der Waals surface area contributed by atoms with Gasteiger partial charge >= 0.3 is 0 Å². The number of benzene rings is 1. The van der Waals surface area contributed by atoms with E-state index in [2.05, 4.69) is 53.0 Å². The summed E-state index contributed by atoms with van der Waals surface area (Å²) in [6, 6.07) is 8.65. The molecule has 0 fully saturated rings. The van der Waals surface area contributed by atoms with Crippen molar-refractivity contribution in [3.63, 3.8) is 0 Å². The maximum atomic E-state index is 4.25. The van der Waals surface area contributed by atoms with Crippen LogP contribution in [0.1, 0.15) is 23.9 Å². The van der Waals surface area contributed by atoms with Crippen molar-refractivity contribution >= 4 is 0 Å². The maximum Gasteiger partial charge on any atom is 0.105 e. The second-order valence-corrected chi connectivity index (χ2v) is 5.35. The molecule has 2 aromatic rings. The number of nitrogens with one attached hydrogen (secondary N) is 1. The van der Waals surface area contributed by atoms with Crippen molar-refractivity contribution in [2.75, 3.05) is 6.54 Å². The Labute approximate surface area is 115 Å². The van der Waals surface area contributed by atoms with Crippen LogP contribution in [0, 0.1) is 19.8 Å². The molecule has 1 N–H and O–H groups in total. The largest absolute Gasteiger partial charge is 0.335 e. The van der Waals surface area contributed by atoms with Gasteiger partial charge in [-0.05, 0) is 31.9 Å². The van der Waals surface area contributed by atoms with Gasteiger partial charge in [-0.1, -0.05) is 36.8 Å². The smallest absolute Gasteiger partial charge is 0.105 e. The second-order valence-electron chi connectivity index (χ2n) is 5.35. The third-order valence-electron chi connectivity index (χ3n) is 3.34. The Morgan fingerprint density at radius 1 is 1.32 bits per heavy atom. The fraction of sp³-hybridized carbons (Fsp3) is 0.438. The minimum atomic E-state index is 0.595. The van der Waals surface area contributed by atoms with Gasteiger partial charge in [-0.15, -0.1) is 0 Å². The molecule has 1 unspecified atom stereocenters. The van der Waals surface area contributed by atoms with Crippen molar-refractivity contribution in [2.24, 2.45) is 5.92 Å². The van der Waals surface area contributed by atoms with E-state index in [1.807, 2.05) is 19.3 Å². The van der Waals surface area contributed by atoms with Crippen LogP contribution in [0.5, 0.6) is 0 Å². The van der Waals surface area contributed by atoms with Gasteiger partial charge in [-0.3, -0.25) is 0 Å². The molecule has 0 aliphatic rings. The molecule has 3 nitrogen and oxygen atoms in total. The van der Waals surface area contributed by atoms with Gasteiger partial charge in [0.1, 0.15) is 5.82 Å². The monoisotopic (exact) mass is 257 g/mol. The van der Waals surface area contributed by atoms with E-state index in [0.717, 1.165) is 25.5 Å². The lowest BCUT2D eigenvalue weighted by Crippen LogP contribution is -2.24. The van der Waals surface area contributed by atoms with Crippen molar-refractivity contribution < 1.29 is 0 Å². The van der Waals surface area contributed by atoms with Gasteiger partial charge in [0.2, 0.25) is 0 Å². The Balaban J connectivity index is 1.75. The Morgan fingerprint density at radius 3 is 2.84 bits per heavy atom. The summed E-state index contributed by atoms with van der Waals surface area (Å²) in [7, 11) is 0. The van der Waals surface area contributed by atoms with E-state index in [9.17, 15) is 0 Å². The van der Waals surface area contributed by atoms with Crippen LogP contribution in [-0.2, 0) is 13.1 Å². The molecule has 1 aromatic heterocycles. The highest BCUT2D eigenvalue weighted by molar-refractivity contribution is 5.21. The zero-order valence-electron chi connectivity index (χ0n) is 12.1. The predicted octanol–water partition coefficient (Wildman–Crippen LogP) is 2.93. The van der Waals surface area contributed by atoms with Crippen molar-refractivity contribution in [3.8, 4) is 0 Å². The fourth-order valence-corrected chi connectivity index (χ4v) is 2.28. The summed E-state index contributed by atoms with van der Waals surface area (Å²) in [4.78, 5) is 4.25. The molecule has 1 heterocycles. The van der Waals surface area contributed by atoms with Crippen LogP contribution in [0.4, 0.5) is 0 Å². The molecule has 102 valence electrons. The third-order valence-corrected chi connectivity index (χ3v) is 3.34. The summed E-state index contributed by atoms with van der Waals surface area (Å²) in [6.07, 6.45) is 3.91. The Kier molecular flexibility index (Phi) is 4.74. The number of hydrogen-bond acceptors (Lipinski definition) is 2. The first-order chi connectivity index (χ1) is 9.15. The van der Waals surface area contributed by atoms with Crippen molar-refractivity contribution in [3.05, 3.63) is 53.6 Å². The Hall–Kier alpha value is -1.61. The van der Waals surface area contributed by atoms with Crippen LogP contribution >= 0.6 is 0 Å². The summed E-state index contributed by atoms with van der Waals surface area (Å²) < 4.78 is 2.21. The van der Waals surface area contributed by atoms with Crippen LogP contribution in [0.25, 0.3) is 0 Å². The van der Waals surface area contributed by atoms with Crippen LogP contribution in [0.3, 0.4) is 0 Å². The molecular weight excluding hydrogens is 234 g/mol. The van der Waals surface area contributed by atoms with E-state index in [1.54, 1.807) is 0 Å². The van der Waals surface area contributed by atoms with Gasteiger partial charge in [0, 0.05) is 25.5 Å². The zero-order chi connectivity index (χ0) is 13.7. The van der Waals surface area contributed by atoms with Crippen LogP contribution in [0.15, 0.2) is 36.7 Å². The van der Waals surface area contributed by atoms with Gasteiger partial charge in [-0.2, -0.15) is 0 Å². The van der Waals surface area contributed by atoms with Crippen molar-refractivity contribution in [1.29, 1.82) is 0 Å². The van der Waals surface area contributed by atoms with E-state index >= 15 is 0 Å². The number of nitrogens with zero attached hydrogens (tertiary/aromatic N) is 2. The molecule has 2 rings (SSSR count). The molecular formula is C16H23N3. The Bertz CT molecular complexity index is 516. The normalized spacial score (nSPS) is 12.6. The zero-order valence-corrected chi connectivity index (χ0v) is 12.1. The number of imidazole rings is 1. The highest BCUT2D eigenvalue weighted by atomic mass is 15.1. The standard InChI is InChI=1S/C16H23N3/c1-13-5-4-6-16(9-13)11-17-10-14(2)12-19-8-7-18-15(19)3/h4-9,14,17H,10-12H2,1-3H3. The van der Waals surface area contributed by atoms with Crippen LogP contribution in [-0.4, -0.2) is 16.1 Å². The summed E-state index contributed by atoms with van der Waals surface area (Å²) in [6.45, 7) is 9.43. The topological polar surface area (TPSA) is 29.9 Å². The van der Waals surface area contributed by atoms with Gasteiger partial charge in [0.05, 0.1) is 0 Å². The van der Waals surface area contributed by atoms with E-state index in [1.165, 1.54) is 11.1 Å². The number of rotatable bonds is 6. The molecule has 3 heteroatoms. The lowest BCUT2D eigenvalue weighted by Gasteiger charge is -2.14. The second kappa shape index (κ2) is 6.53. The van der Waals surface area contributed by atoms with Crippen molar-refractivity contribution in [1.82, 2.24) is 14.9 Å². The maximum absolute atomic E-state index is 4.25.